The second-order valence-corrected chi connectivity index (χ2v) is 7.16. The van der Waals surface area contributed by atoms with Crippen LogP contribution in [-0.4, -0.2) is 38.7 Å². The van der Waals surface area contributed by atoms with Gasteiger partial charge < -0.3 is 9.53 Å². The van der Waals surface area contributed by atoms with Crippen molar-refractivity contribution in [2.75, 3.05) is 19.7 Å². The number of benzene rings is 1. The van der Waals surface area contributed by atoms with E-state index in [1.54, 1.807) is 24.3 Å². The van der Waals surface area contributed by atoms with Crippen LogP contribution in [0.5, 0.6) is 5.75 Å². The Hall–Kier alpha value is -1.40. The van der Waals surface area contributed by atoms with Crippen LogP contribution >= 0.6 is 0 Å². The van der Waals surface area contributed by atoms with E-state index in [9.17, 15) is 13.2 Å². The molecule has 1 unspecified atom stereocenters. The van der Waals surface area contributed by atoms with E-state index in [1.165, 1.54) is 4.31 Å². The molecule has 1 atom stereocenters. The molecule has 0 amide bonds. The summed E-state index contributed by atoms with van der Waals surface area (Å²) in [5, 5.41) is 0. The number of piperidine rings is 1. The van der Waals surface area contributed by atoms with Crippen LogP contribution in [0.1, 0.15) is 26.2 Å². The third-order valence-corrected chi connectivity index (χ3v) is 5.43. The summed E-state index contributed by atoms with van der Waals surface area (Å²) in [5.41, 5.74) is 0. The van der Waals surface area contributed by atoms with Gasteiger partial charge in [-0.2, -0.15) is 4.31 Å². The zero-order valence-corrected chi connectivity index (χ0v) is 13.0. The molecule has 1 aliphatic rings. The summed E-state index contributed by atoms with van der Waals surface area (Å²) in [6.45, 7) is 3.37. The summed E-state index contributed by atoms with van der Waals surface area (Å²) in [6.07, 6.45) is 3.24. The molecule has 1 aromatic rings. The first kappa shape index (κ1) is 16.0. The largest absolute Gasteiger partial charge is 0.494 e. The number of carbonyl (C=O) groups is 1. The predicted octanol–water partition coefficient (Wildman–Crippen LogP) is 2.08. The molecule has 1 heterocycles. The summed E-state index contributed by atoms with van der Waals surface area (Å²) in [4.78, 5) is 11.1. The van der Waals surface area contributed by atoms with Gasteiger partial charge in [-0.3, -0.25) is 0 Å². The van der Waals surface area contributed by atoms with E-state index >= 15 is 0 Å². The molecule has 0 N–H and O–H groups in total. The van der Waals surface area contributed by atoms with E-state index in [-0.39, 0.29) is 17.4 Å². The van der Waals surface area contributed by atoms with E-state index in [1.807, 2.05) is 6.92 Å². The Balaban J connectivity index is 2.13. The SMILES string of the molecule is CCCOc1ccc(S(=O)(=O)N2CCCC(C=O)C2)cc1. The van der Waals surface area contributed by atoms with Crippen molar-refractivity contribution in [1.29, 1.82) is 0 Å². The van der Waals surface area contributed by atoms with Crippen LogP contribution in [0.3, 0.4) is 0 Å². The highest BCUT2D eigenvalue weighted by atomic mass is 32.2. The highest BCUT2D eigenvalue weighted by Gasteiger charge is 2.29. The van der Waals surface area contributed by atoms with Gasteiger partial charge in [0.15, 0.2) is 0 Å². The number of hydrogen-bond donors (Lipinski definition) is 0. The van der Waals surface area contributed by atoms with Gasteiger partial charge in [-0.05, 0) is 43.5 Å². The molecule has 1 saturated heterocycles. The molecule has 2 rings (SSSR count). The second-order valence-electron chi connectivity index (χ2n) is 5.22. The minimum absolute atomic E-state index is 0.194. The van der Waals surface area contributed by atoms with E-state index < -0.39 is 10.0 Å². The van der Waals surface area contributed by atoms with Crippen molar-refractivity contribution in [3.05, 3.63) is 24.3 Å². The van der Waals surface area contributed by atoms with Gasteiger partial charge in [0.1, 0.15) is 12.0 Å². The van der Waals surface area contributed by atoms with Crippen molar-refractivity contribution >= 4 is 16.3 Å². The van der Waals surface area contributed by atoms with Crippen LogP contribution in [-0.2, 0) is 14.8 Å². The molecule has 5 nitrogen and oxygen atoms in total. The molecule has 0 radical (unpaired) electrons. The zero-order valence-electron chi connectivity index (χ0n) is 12.2. The van der Waals surface area contributed by atoms with Gasteiger partial charge in [0.25, 0.3) is 0 Å². The van der Waals surface area contributed by atoms with E-state index in [0.717, 1.165) is 25.5 Å². The smallest absolute Gasteiger partial charge is 0.243 e. The number of aldehydes is 1. The molecule has 116 valence electrons. The van der Waals surface area contributed by atoms with Gasteiger partial charge >= 0.3 is 0 Å². The number of nitrogens with zero attached hydrogens (tertiary/aromatic N) is 1. The van der Waals surface area contributed by atoms with Gasteiger partial charge in [0, 0.05) is 19.0 Å². The standard InChI is InChI=1S/C15H21NO4S/c1-2-10-20-14-5-7-15(8-6-14)21(18,19)16-9-3-4-13(11-16)12-17/h5-8,12-13H,2-4,9-11H2,1H3. The Kier molecular flexibility index (Phi) is 5.36. The van der Waals surface area contributed by atoms with Crippen LogP contribution in [0, 0.1) is 5.92 Å². The van der Waals surface area contributed by atoms with Crippen molar-refractivity contribution in [2.45, 2.75) is 31.1 Å². The topological polar surface area (TPSA) is 63.7 Å². The predicted molar refractivity (Wildman–Crippen MR) is 79.8 cm³/mol. The molecule has 6 heteroatoms. The molecule has 1 aliphatic heterocycles. The van der Waals surface area contributed by atoms with Crippen molar-refractivity contribution in [2.24, 2.45) is 5.92 Å². The van der Waals surface area contributed by atoms with Crippen LogP contribution < -0.4 is 4.74 Å². The molecule has 0 aromatic heterocycles. The summed E-state index contributed by atoms with van der Waals surface area (Å²) in [7, 11) is -3.52. The zero-order chi connectivity index (χ0) is 15.3. The monoisotopic (exact) mass is 311 g/mol. The summed E-state index contributed by atoms with van der Waals surface area (Å²) < 4.78 is 31.9. The number of hydrogen-bond acceptors (Lipinski definition) is 4. The van der Waals surface area contributed by atoms with Gasteiger partial charge in [-0.25, -0.2) is 8.42 Å². The van der Waals surface area contributed by atoms with Crippen molar-refractivity contribution in [3.63, 3.8) is 0 Å². The van der Waals surface area contributed by atoms with Crippen LogP contribution in [0.4, 0.5) is 0 Å². The fourth-order valence-corrected chi connectivity index (χ4v) is 3.92. The molecule has 0 bridgehead atoms. The Morgan fingerprint density at radius 3 is 2.67 bits per heavy atom. The lowest BCUT2D eigenvalue weighted by Crippen LogP contribution is -2.40. The highest BCUT2D eigenvalue weighted by molar-refractivity contribution is 7.89. The molecule has 0 saturated carbocycles. The fraction of sp³-hybridized carbons (Fsp3) is 0.533. The fourth-order valence-electron chi connectivity index (χ4n) is 2.38. The summed E-state index contributed by atoms with van der Waals surface area (Å²) in [6, 6.07) is 6.46. The van der Waals surface area contributed by atoms with Gasteiger partial charge in [-0.1, -0.05) is 6.92 Å². The van der Waals surface area contributed by atoms with Gasteiger partial charge in [0.2, 0.25) is 10.0 Å². The van der Waals surface area contributed by atoms with E-state index in [0.29, 0.717) is 18.9 Å². The number of carbonyl (C=O) groups excluding carboxylic acids is 1. The van der Waals surface area contributed by atoms with Crippen molar-refractivity contribution < 1.29 is 17.9 Å². The maximum Gasteiger partial charge on any atom is 0.243 e. The molecule has 21 heavy (non-hydrogen) atoms. The normalized spacial score (nSPS) is 20.1. The van der Waals surface area contributed by atoms with Crippen LogP contribution in [0.15, 0.2) is 29.2 Å². The lowest BCUT2D eigenvalue weighted by molar-refractivity contribution is -0.112. The molecule has 1 aromatic carbocycles. The third kappa shape index (κ3) is 3.83. The average molecular weight is 311 g/mol. The minimum Gasteiger partial charge on any atom is -0.494 e. The third-order valence-electron chi connectivity index (χ3n) is 3.55. The maximum atomic E-state index is 12.5. The number of rotatable bonds is 6. The minimum atomic E-state index is -3.52. The Bertz CT molecular complexity index is 568. The summed E-state index contributed by atoms with van der Waals surface area (Å²) >= 11 is 0. The van der Waals surface area contributed by atoms with E-state index in [4.69, 9.17) is 4.74 Å². The summed E-state index contributed by atoms with van der Waals surface area (Å²) in [5.74, 6) is 0.473. The Morgan fingerprint density at radius 2 is 2.05 bits per heavy atom. The number of ether oxygens (including phenoxy) is 1. The first-order valence-corrected chi connectivity index (χ1v) is 8.70. The van der Waals surface area contributed by atoms with Gasteiger partial charge in [-0.15, -0.1) is 0 Å². The van der Waals surface area contributed by atoms with E-state index in [2.05, 4.69) is 0 Å². The first-order chi connectivity index (χ1) is 10.1. The molecule has 1 fully saturated rings. The lowest BCUT2D eigenvalue weighted by Gasteiger charge is -2.29. The average Bonchev–Trinajstić information content (AvgIpc) is 2.53. The van der Waals surface area contributed by atoms with Crippen molar-refractivity contribution in [3.8, 4) is 5.75 Å². The molecule has 0 aliphatic carbocycles. The Morgan fingerprint density at radius 1 is 1.33 bits per heavy atom. The lowest BCUT2D eigenvalue weighted by atomic mass is 10.0. The first-order valence-electron chi connectivity index (χ1n) is 7.26. The Labute approximate surface area is 126 Å². The molecular formula is C15H21NO4S. The quantitative estimate of drug-likeness (QED) is 0.755. The highest BCUT2D eigenvalue weighted by Crippen LogP contribution is 2.24. The molecule has 0 spiro atoms. The van der Waals surface area contributed by atoms with Crippen LogP contribution in [0.2, 0.25) is 0 Å². The van der Waals surface area contributed by atoms with Crippen molar-refractivity contribution in [1.82, 2.24) is 4.31 Å². The maximum absolute atomic E-state index is 12.5. The number of sulfonamides is 1. The van der Waals surface area contributed by atoms with Crippen LogP contribution in [0.25, 0.3) is 0 Å². The molecular weight excluding hydrogens is 290 g/mol. The van der Waals surface area contributed by atoms with Gasteiger partial charge in [0.05, 0.1) is 11.5 Å². The second kappa shape index (κ2) is 7.04.